The van der Waals surface area contributed by atoms with E-state index >= 15 is 0 Å². The summed E-state index contributed by atoms with van der Waals surface area (Å²) in [6.07, 6.45) is 5.95. The van der Waals surface area contributed by atoms with Gasteiger partial charge in [-0.3, -0.25) is 0 Å². The topological polar surface area (TPSA) is 23.9 Å². The van der Waals surface area contributed by atoms with Gasteiger partial charge in [0, 0.05) is 17.0 Å². The van der Waals surface area contributed by atoms with Crippen LogP contribution in [0.4, 0.5) is 0 Å². The van der Waals surface area contributed by atoms with Crippen molar-refractivity contribution in [2.24, 2.45) is 0 Å². The Balaban J connectivity index is 3.66. The van der Waals surface area contributed by atoms with Crippen molar-refractivity contribution in [2.45, 2.75) is 13.3 Å². The second-order valence-corrected chi connectivity index (χ2v) is 2.46. The van der Waals surface area contributed by atoms with Gasteiger partial charge in [0.05, 0.1) is 0 Å². The number of nitrogens with one attached hydrogen (secondary N) is 1. The average molecular weight is 153 g/mol. The quantitative estimate of drug-likeness (QED) is 0.374. The van der Waals surface area contributed by atoms with E-state index in [1.807, 2.05) is 6.08 Å². The average Bonchev–Trinajstić information content (AvgIpc) is 1.87. The molecule has 0 aliphatic carbocycles. The summed E-state index contributed by atoms with van der Waals surface area (Å²) in [6.45, 7) is 5.28. The zero-order valence-electron chi connectivity index (χ0n) is 6.05. The van der Waals surface area contributed by atoms with Gasteiger partial charge < -0.3 is 5.41 Å². The van der Waals surface area contributed by atoms with E-state index in [4.69, 9.17) is 17.6 Å². The first-order valence-corrected chi connectivity index (χ1v) is 3.44. The van der Waals surface area contributed by atoms with Crippen molar-refractivity contribution in [1.29, 1.82) is 5.41 Å². The molecule has 2 heteroatoms. The van der Waals surface area contributed by atoms with Crippen LogP contribution in [0.5, 0.6) is 0 Å². The summed E-state index contributed by atoms with van der Waals surface area (Å²) in [5.41, 5.74) is 0.642. The zero-order valence-corrected chi connectivity index (χ0v) is 6.87. The van der Waals surface area contributed by atoms with E-state index in [-0.39, 0.29) is 0 Å². The normalized spacial score (nSPS) is 9.70. The third kappa shape index (κ3) is 5.38. The minimum Gasteiger partial charge on any atom is -0.310 e. The van der Waals surface area contributed by atoms with Crippen molar-refractivity contribution < 1.29 is 0 Å². The molecule has 0 fully saturated rings. The maximum atomic E-state index is 7.08. The Morgan fingerprint density at radius 1 is 1.70 bits per heavy atom. The molecule has 0 aromatic carbocycles. The minimum atomic E-state index is 0.642. The van der Waals surface area contributed by atoms with Gasteiger partial charge in [-0.1, -0.05) is 30.9 Å². The molecule has 0 aromatic heterocycles. The first-order chi connectivity index (χ1) is 4.66. The van der Waals surface area contributed by atoms with E-state index in [0.29, 0.717) is 12.1 Å². The summed E-state index contributed by atoms with van der Waals surface area (Å²) in [7, 11) is 0. The van der Waals surface area contributed by atoms with E-state index in [2.05, 4.69) is 6.58 Å². The van der Waals surface area contributed by atoms with E-state index in [9.17, 15) is 0 Å². The predicted octanol–water partition coefficient (Wildman–Crippen LogP) is 2.53. The first kappa shape index (κ1) is 9.24. The lowest BCUT2D eigenvalue weighted by Crippen LogP contribution is -1.85. The van der Waals surface area contributed by atoms with Crippen molar-refractivity contribution in [3.63, 3.8) is 0 Å². The van der Waals surface area contributed by atoms with Gasteiger partial charge in [-0.2, -0.15) is 0 Å². The molecular weight excluding hydrogens is 142 g/mol. The van der Waals surface area contributed by atoms with Gasteiger partial charge in [-0.25, -0.2) is 0 Å². The Morgan fingerprint density at radius 3 is 2.70 bits per heavy atom. The molecule has 0 spiro atoms. The van der Waals surface area contributed by atoms with Crippen LogP contribution in [0.25, 0.3) is 0 Å². The molecule has 0 aliphatic heterocycles. The lowest BCUT2D eigenvalue weighted by molar-refractivity contribution is 1.35. The zero-order chi connectivity index (χ0) is 7.98. The molecule has 0 aliphatic rings. The van der Waals surface area contributed by atoms with Crippen molar-refractivity contribution in [3.05, 3.63) is 24.8 Å². The molecule has 1 N–H and O–H groups in total. The van der Waals surface area contributed by atoms with E-state index in [1.165, 1.54) is 0 Å². The minimum absolute atomic E-state index is 0.642. The van der Waals surface area contributed by atoms with Crippen LogP contribution in [0.2, 0.25) is 0 Å². The van der Waals surface area contributed by atoms with Crippen LogP contribution >= 0.6 is 12.2 Å². The Labute approximate surface area is 67.0 Å². The Kier molecular flexibility index (Phi) is 4.67. The fourth-order valence-electron chi connectivity index (χ4n) is 0.420. The third-order valence-corrected chi connectivity index (χ3v) is 1.21. The summed E-state index contributed by atoms with van der Waals surface area (Å²) in [4.78, 5) is 0.723. The summed E-state index contributed by atoms with van der Waals surface area (Å²) < 4.78 is 0. The number of allylic oxidation sites excluding steroid dienone is 3. The molecule has 0 unspecified atom stereocenters. The Hall–Kier alpha value is -0.760. The van der Waals surface area contributed by atoms with Crippen LogP contribution in [0.15, 0.2) is 24.8 Å². The van der Waals surface area contributed by atoms with Crippen LogP contribution in [0.1, 0.15) is 13.3 Å². The molecule has 10 heavy (non-hydrogen) atoms. The van der Waals surface area contributed by atoms with Crippen molar-refractivity contribution in [3.8, 4) is 0 Å². The first-order valence-electron chi connectivity index (χ1n) is 3.03. The number of thiocarbonyl (C=S) groups is 1. The molecule has 0 saturated heterocycles. The fraction of sp³-hybridized carbons (Fsp3) is 0.250. The van der Waals surface area contributed by atoms with E-state index in [0.717, 1.165) is 4.86 Å². The summed E-state index contributed by atoms with van der Waals surface area (Å²) >= 11 is 4.83. The highest BCUT2D eigenvalue weighted by Crippen LogP contribution is 1.88. The van der Waals surface area contributed by atoms with E-state index in [1.54, 1.807) is 19.1 Å². The smallest absolute Gasteiger partial charge is 0.0368 e. The van der Waals surface area contributed by atoms with Gasteiger partial charge in [-0.05, 0) is 13.0 Å². The Morgan fingerprint density at radius 2 is 2.30 bits per heavy atom. The highest BCUT2D eigenvalue weighted by atomic mass is 32.1. The van der Waals surface area contributed by atoms with Crippen LogP contribution < -0.4 is 0 Å². The highest BCUT2D eigenvalue weighted by Gasteiger charge is 1.82. The van der Waals surface area contributed by atoms with Gasteiger partial charge >= 0.3 is 0 Å². The van der Waals surface area contributed by atoms with Crippen LogP contribution in [-0.4, -0.2) is 10.6 Å². The van der Waals surface area contributed by atoms with Crippen molar-refractivity contribution >= 4 is 22.8 Å². The van der Waals surface area contributed by atoms with Crippen LogP contribution in [0, 0.1) is 5.41 Å². The molecule has 0 bridgehead atoms. The monoisotopic (exact) mass is 153 g/mol. The second-order valence-electron chi connectivity index (χ2n) is 1.99. The lowest BCUT2D eigenvalue weighted by atomic mass is 10.2. The molecule has 0 heterocycles. The number of hydrogen-bond acceptors (Lipinski definition) is 2. The molecule has 0 amide bonds. The number of rotatable bonds is 4. The van der Waals surface area contributed by atoms with Crippen molar-refractivity contribution in [1.82, 2.24) is 0 Å². The van der Waals surface area contributed by atoms with Gasteiger partial charge in [0.1, 0.15) is 0 Å². The third-order valence-electron chi connectivity index (χ3n) is 0.907. The Bertz CT molecular complexity index is 180. The lowest BCUT2D eigenvalue weighted by Gasteiger charge is -1.86. The molecule has 0 saturated carbocycles. The number of hydrogen-bond donors (Lipinski definition) is 1. The fourth-order valence-corrected chi connectivity index (χ4v) is 0.516. The molecule has 0 radical (unpaired) electrons. The predicted molar refractivity (Wildman–Crippen MR) is 50.0 cm³/mol. The summed E-state index contributed by atoms with van der Waals surface area (Å²) in [5, 5.41) is 7.08. The SMILES string of the molecule is C=CC(=S)/C=C\CC(C)=N. The maximum Gasteiger partial charge on any atom is 0.0368 e. The molecule has 1 nitrogen and oxygen atoms in total. The second kappa shape index (κ2) is 5.06. The highest BCUT2D eigenvalue weighted by molar-refractivity contribution is 7.81. The summed E-state index contributed by atoms with van der Waals surface area (Å²) in [6, 6.07) is 0. The maximum absolute atomic E-state index is 7.08. The van der Waals surface area contributed by atoms with Crippen LogP contribution in [0.3, 0.4) is 0 Å². The van der Waals surface area contributed by atoms with Gasteiger partial charge in [0.15, 0.2) is 0 Å². The molecule has 54 valence electrons. The van der Waals surface area contributed by atoms with Crippen molar-refractivity contribution in [2.75, 3.05) is 0 Å². The van der Waals surface area contributed by atoms with Gasteiger partial charge in [0.25, 0.3) is 0 Å². The van der Waals surface area contributed by atoms with E-state index < -0.39 is 0 Å². The van der Waals surface area contributed by atoms with Gasteiger partial charge in [-0.15, -0.1) is 0 Å². The van der Waals surface area contributed by atoms with Gasteiger partial charge in [0.2, 0.25) is 0 Å². The molecule has 0 atom stereocenters. The standard InChI is InChI=1S/C8H11NS/c1-3-8(10)6-4-5-7(2)9/h3-4,6,9H,1,5H2,2H3/b6-4-,9-7?. The summed E-state index contributed by atoms with van der Waals surface area (Å²) in [5.74, 6) is 0. The largest absolute Gasteiger partial charge is 0.310 e. The molecule has 0 aromatic rings. The molecular formula is C8H11NS. The molecule has 0 rings (SSSR count). The van der Waals surface area contributed by atoms with Crippen LogP contribution in [-0.2, 0) is 0 Å².